The number of amides is 2. The van der Waals surface area contributed by atoms with Gasteiger partial charge in [-0.25, -0.2) is 4.98 Å². The number of hydrogen-bond donors (Lipinski definition) is 1. The van der Waals surface area contributed by atoms with E-state index in [9.17, 15) is 9.59 Å². The van der Waals surface area contributed by atoms with Gasteiger partial charge < -0.3 is 10.2 Å². The van der Waals surface area contributed by atoms with Crippen LogP contribution in [0.3, 0.4) is 0 Å². The molecular weight excluding hydrogens is 318 g/mol. The topological polar surface area (TPSA) is 62.3 Å². The fraction of sp³-hybridized carbons (Fsp3) is 0.267. The number of thiophene rings is 1. The summed E-state index contributed by atoms with van der Waals surface area (Å²) in [5.74, 6) is -0.177. The van der Waals surface area contributed by atoms with Crippen molar-refractivity contribution in [2.75, 3.05) is 11.9 Å². The minimum atomic E-state index is -0.421. The zero-order chi connectivity index (χ0) is 15.5. The molecule has 2 aromatic heterocycles. The SMILES string of the molecule is CN1C(=O)[C@H](CC(=O)NCc2cccs2)Sc2ncccc21. The molecule has 0 fully saturated rings. The van der Waals surface area contributed by atoms with Crippen molar-refractivity contribution in [1.29, 1.82) is 0 Å². The molecule has 0 aromatic carbocycles. The molecule has 0 unspecified atom stereocenters. The summed E-state index contributed by atoms with van der Waals surface area (Å²) in [6, 6.07) is 7.58. The van der Waals surface area contributed by atoms with E-state index in [-0.39, 0.29) is 18.2 Å². The summed E-state index contributed by atoms with van der Waals surface area (Å²) >= 11 is 2.96. The quantitative estimate of drug-likeness (QED) is 0.932. The van der Waals surface area contributed by atoms with Gasteiger partial charge in [-0.1, -0.05) is 17.8 Å². The average Bonchev–Trinajstić information content (AvgIpc) is 3.04. The van der Waals surface area contributed by atoms with E-state index in [1.54, 1.807) is 35.5 Å². The van der Waals surface area contributed by atoms with Crippen LogP contribution in [0.1, 0.15) is 11.3 Å². The zero-order valence-corrected chi connectivity index (χ0v) is 13.6. The lowest BCUT2D eigenvalue weighted by molar-refractivity contribution is -0.124. The predicted molar refractivity (Wildman–Crippen MR) is 88.1 cm³/mol. The monoisotopic (exact) mass is 333 g/mol. The maximum Gasteiger partial charge on any atom is 0.240 e. The van der Waals surface area contributed by atoms with Crippen LogP contribution in [-0.4, -0.2) is 29.1 Å². The highest BCUT2D eigenvalue weighted by Crippen LogP contribution is 2.37. The molecule has 1 N–H and O–H groups in total. The molecule has 1 aliphatic rings. The van der Waals surface area contributed by atoms with Gasteiger partial charge in [0.15, 0.2) is 0 Å². The molecule has 1 atom stereocenters. The minimum absolute atomic E-state index is 0.0585. The summed E-state index contributed by atoms with van der Waals surface area (Å²) in [7, 11) is 1.72. The van der Waals surface area contributed by atoms with Gasteiger partial charge in [-0.2, -0.15) is 0 Å². The third-order valence-electron chi connectivity index (χ3n) is 3.38. The van der Waals surface area contributed by atoms with Gasteiger partial charge in [0.05, 0.1) is 17.5 Å². The Morgan fingerprint density at radius 2 is 2.27 bits per heavy atom. The largest absolute Gasteiger partial charge is 0.351 e. The van der Waals surface area contributed by atoms with Crippen molar-refractivity contribution in [2.45, 2.75) is 23.2 Å². The van der Waals surface area contributed by atoms with Crippen LogP contribution in [0.5, 0.6) is 0 Å². The molecule has 2 aromatic rings. The van der Waals surface area contributed by atoms with Gasteiger partial charge >= 0.3 is 0 Å². The smallest absolute Gasteiger partial charge is 0.240 e. The Labute approximate surface area is 136 Å². The van der Waals surface area contributed by atoms with Crippen LogP contribution in [0.2, 0.25) is 0 Å². The van der Waals surface area contributed by atoms with E-state index in [2.05, 4.69) is 10.3 Å². The van der Waals surface area contributed by atoms with Crippen molar-refractivity contribution in [2.24, 2.45) is 0 Å². The van der Waals surface area contributed by atoms with Crippen LogP contribution in [-0.2, 0) is 16.1 Å². The third kappa shape index (κ3) is 3.15. The molecule has 3 heterocycles. The van der Waals surface area contributed by atoms with Crippen molar-refractivity contribution in [1.82, 2.24) is 10.3 Å². The number of nitrogens with zero attached hydrogens (tertiary/aromatic N) is 2. The first-order chi connectivity index (χ1) is 10.6. The van der Waals surface area contributed by atoms with E-state index in [1.807, 2.05) is 23.6 Å². The number of pyridine rings is 1. The highest BCUT2D eigenvalue weighted by Gasteiger charge is 2.33. The van der Waals surface area contributed by atoms with E-state index < -0.39 is 5.25 Å². The molecular formula is C15H15N3O2S2. The van der Waals surface area contributed by atoms with E-state index >= 15 is 0 Å². The first-order valence-corrected chi connectivity index (χ1v) is 8.59. The predicted octanol–water partition coefficient (Wildman–Crippen LogP) is 2.29. The van der Waals surface area contributed by atoms with Gasteiger partial charge in [0.1, 0.15) is 5.03 Å². The fourth-order valence-corrected chi connectivity index (χ4v) is 4.07. The van der Waals surface area contributed by atoms with Crippen molar-refractivity contribution >= 4 is 40.6 Å². The van der Waals surface area contributed by atoms with Crippen LogP contribution in [0.4, 0.5) is 5.69 Å². The lowest BCUT2D eigenvalue weighted by Crippen LogP contribution is -2.41. The maximum atomic E-state index is 12.4. The molecule has 0 saturated heterocycles. The first kappa shape index (κ1) is 15.1. The van der Waals surface area contributed by atoms with Gasteiger partial charge in [0, 0.05) is 24.5 Å². The Morgan fingerprint density at radius 3 is 3.05 bits per heavy atom. The fourth-order valence-electron chi connectivity index (χ4n) is 2.22. The molecule has 5 nitrogen and oxygen atoms in total. The summed E-state index contributed by atoms with van der Waals surface area (Å²) in [4.78, 5) is 31.4. The number of thioether (sulfide) groups is 1. The Balaban J connectivity index is 1.63. The molecule has 0 bridgehead atoms. The molecule has 0 saturated carbocycles. The summed E-state index contributed by atoms with van der Waals surface area (Å²) in [5.41, 5.74) is 0.799. The van der Waals surface area contributed by atoms with Gasteiger partial charge in [0.25, 0.3) is 0 Å². The van der Waals surface area contributed by atoms with Crippen molar-refractivity contribution in [3.63, 3.8) is 0 Å². The van der Waals surface area contributed by atoms with E-state index in [1.165, 1.54) is 11.8 Å². The number of hydrogen-bond acceptors (Lipinski definition) is 5. The minimum Gasteiger partial charge on any atom is -0.351 e. The summed E-state index contributed by atoms with van der Waals surface area (Å²) in [6.45, 7) is 0.507. The average molecular weight is 333 g/mol. The number of fused-ring (bicyclic) bond motifs is 1. The van der Waals surface area contributed by atoms with Crippen LogP contribution in [0.15, 0.2) is 40.9 Å². The van der Waals surface area contributed by atoms with Crippen LogP contribution in [0, 0.1) is 0 Å². The molecule has 2 amide bonds. The van der Waals surface area contributed by atoms with Gasteiger partial charge in [0.2, 0.25) is 11.8 Å². The zero-order valence-electron chi connectivity index (χ0n) is 12.0. The normalized spacial score (nSPS) is 17.2. The van der Waals surface area contributed by atoms with E-state index in [0.717, 1.165) is 15.6 Å². The third-order valence-corrected chi connectivity index (χ3v) is 5.45. The van der Waals surface area contributed by atoms with Gasteiger partial charge in [-0.15, -0.1) is 11.3 Å². The van der Waals surface area contributed by atoms with Crippen LogP contribution < -0.4 is 10.2 Å². The number of carbonyl (C=O) groups excluding carboxylic acids is 2. The van der Waals surface area contributed by atoms with E-state index in [4.69, 9.17) is 0 Å². The molecule has 0 radical (unpaired) electrons. The summed E-state index contributed by atoms with van der Waals surface area (Å²) in [6.07, 6.45) is 1.86. The Kier molecular flexibility index (Phi) is 4.44. The van der Waals surface area contributed by atoms with Crippen molar-refractivity contribution in [3.05, 3.63) is 40.7 Å². The second-order valence-electron chi connectivity index (χ2n) is 4.89. The number of rotatable bonds is 4. The highest BCUT2D eigenvalue weighted by atomic mass is 32.2. The van der Waals surface area contributed by atoms with E-state index in [0.29, 0.717) is 6.54 Å². The molecule has 22 heavy (non-hydrogen) atoms. The Morgan fingerprint density at radius 1 is 1.41 bits per heavy atom. The lowest BCUT2D eigenvalue weighted by Gasteiger charge is -2.29. The van der Waals surface area contributed by atoms with Crippen molar-refractivity contribution < 1.29 is 9.59 Å². The molecule has 0 spiro atoms. The molecule has 7 heteroatoms. The van der Waals surface area contributed by atoms with Crippen LogP contribution >= 0.6 is 23.1 Å². The number of anilines is 1. The molecule has 114 valence electrons. The molecule has 3 rings (SSSR count). The lowest BCUT2D eigenvalue weighted by atomic mass is 10.2. The number of carbonyl (C=O) groups is 2. The highest BCUT2D eigenvalue weighted by molar-refractivity contribution is 8.00. The molecule has 1 aliphatic heterocycles. The van der Waals surface area contributed by atoms with Crippen molar-refractivity contribution in [3.8, 4) is 0 Å². The Hall–Kier alpha value is -1.86. The Bertz CT molecular complexity index is 688. The summed E-state index contributed by atoms with van der Waals surface area (Å²) < 4.78 is 0. The second kappa shape index (κ2) is 6.50. The maximum absolute atomic E-state index is 12.4. The van der Waals surface area contributed by atoms with Gasteiger partial charge in [-0.05, 0) is 23.6 Å². The second-order valence-corrected chi connectivity index (χ2v) is 7.12. The van der Waals surface area contributed by atoms with Gasteiger partial charge in [-0.3, -0.25) is 9.59 Å². The first-order valence-electron chi connectivity index (χ1n) is 6.83. The number of aromatic nitrogens is 1. The standard InChI is InChI=1S/C15H15N3O2S2/c1-18-11-5-2-6-16-14(11)22-12(15(18)20)8-13(19)17-9-10-4-3-7-21-10/h2-7,12H,8-9H2,1H3,(H,17,19)/t12-/m0/s1. The number of nitrogens with one attached hydrogen (secondary N) is 1. The molecule has 0 aliphatic carbocycles. The summed E-state index contributed by atoms with van der Waals surface area (Å²) in [5, 5.41) is 5.20. The van der Waals surface area contributed by atoms with Crippen LogP contribution in [0.25, 0.3) is 0 Å².